The zero-order chi connectivity index (χ0) is 17.7. The van der Waals surface area contributed by atoms with Crippen LogP contribution in [0.2, 0.25) is 0 Å². The van der Waals surface area contributed by atoms with Gasteiger partial charge < -0.3 is 15.4 Å². The van der Waals surface area contributed by atoms with Crippen LogP contribution in [0.1, 0.15) is 46.5 Å². The van der Waals surface area contributed by atoms with E-state index < -0.39 is 16.6 Å². The van der Waals surface area contributed by atoms with Gasteiger partial charge in [-0.1, -0.05) is 12.8 Å². The summed E-state index contributed by atoms with van der Waals surface area (Å²) < 4.78 is 5.30. The quantitative estimate of drug-likeness (QED) is 0.646. The lowest BCUT2D eigenvalue weighted by Crippen LogP contribution is -2.49. The van der Waals surface area contributed by atoms with Gasteiger partial charge in [0.2, 0.25) is 5.82 Å². The van der Waals surface area contributed by atoms with E-state index in [1.54, 1.807) is 20.8 Å². The first-order valence-corrected chi connectivity index (χ1v) is 8.12. The third kappa shape index (κ3) is 5.07. The minimum Gasteiger partial charge on any atom is -0.444 e. The van der Waals surface area contributed by atoms with E-state index in [0.29, 0.717) is 0 Å². The highest BCUT2D eigenvalue weighted by molar-refractivity contribution is 5.68. The van der Waals surface area contributed by atoms with Crippen molar-refractivity contribution in [3.05, 3.63) is 28.4 Å². The molecule has 8 nitrogen and oxygen atoms in total. The molecule has 2 N–H and O–H groups in total. The molecule has 1 amide bonds. The van der Waals surface area contributed by atoms with Crippen LogP contribution in [-0.4, -0.2) is 33.7 Å². The van der Waals surface area contributed by atoms with Gasteiger partial charge >= 0.3 is 11.8 Å². The molecule has 1 heterocycles. The van der Waals surface area contributed by atoms with Gasteiger partial charge in [-0.2, -0.15) is 0 Å². The molecule has 0 bridgehead atoms. The number of anilines is 1. The van der Waals surface area contributed by atoms with Crippen LogP contribution in [0.5, 0.6) is 0 Å². The van der Waals surface area contributed by atoms with Crippen molar-refractivity contribution in [2.45, 2.75) is 64.1 Å². The molecule has 1 aromatic heterocycles. The topological polar surface area (TPSA) is 106 Å². The highest BCUT2D eigenvalue weighted by Crippen LogP contribution is 2.26. The van der Waals surface area contributed by atoms with E-state index in [2.05, 4.69) is 15.6 Å². The number of rotatable bonds is 4. The van der Waals surface area contributed by atoms with Gasteiger partial charge in [0.25, 0.3) is 0 Å². The van der Waals surface area contributed by atoms with E-state index >= 15 is 0 Å². The van der Waals surface area contributed by atoms with E-state index in [1.165, 1.54) is 18.3 Å². The van der Waals surface area contributed by atoms with Crippen molar-refractivity contribution in [3.8, 4) is 0 Å². The number of nitro groups is 1. The first kappa shape index (κ1) is 18.0. The molecule has 1 saturated carbocycles. The van der Waals surface area contributed by atoms with E-state index in [4.69, 9.17) is 4.74 Å². The summed E-state index contributed by atoms with van der Waals surface area (Å²) in [5.74, 6) is 0.227. The van der Waals surface area contributed by atoms with Gasteiger partial charge in [-0.25, -0.2) is 9.78 Å². The van der Waals surface area contributed by atoms with E-state index in [9.17, 15) is 14.9 Å². The van der Waals surface area contributed by atoms with Crippen LogP contribution in [-0.2, 0) is 4.74 Å². The first-order valence-electron chi connectivity index (χ1n) is 8.12. The lowest BCUT2D eigenvalue weighted by Gasteiger charge is -2.33. The largest absolute Gasteiger partial charge is 0.444 e. The van der Waals surface area contributed by atoms with Crippen molar-refractivity contribution in [2.24, 2.45) is 0 Å². The summed E-state index contributed by atoms with van der Waals surface area (Å²) >= 11 is 0. The van der Waals surface area contributed by atoms with E-state index in [1.807, 2.05) is 0 Å². The molecule has 1 aromatic rings. The molecule has 24 heavy (non-hydrogen) atoms. The molecule has 0 radical (unpaired) electrons. The molecule has 1 aliphatic rings. The summed E-state index contributed by atoms with van der Waals surface area (Å²) in [6.45, 7) is 5.42. The normalized spacial score (nSPS) is 21.0. The Balaban J connectivity index is 2.07. The van der Waals surface area contributed by atoms with Crippen LogP contribution < -0.4 is 10.6 Å². The minimum absolute atomic E-state index is 0.0703. The fraction of sp³-hybridized carbons (Fsp3) is 0.625. The molecule has 0 saturated heterocycles. The number of hydrogen-bond donors (Lipinski definition) is 2. The van der Waals surface area contributed by atoms with Crippen molar-refractivity contribution in [2.75, 3.05) is 5.32 Å². The van der Waals surface area contributed by atoms with Crippen molar-refractivity contribution >= 4 is 17.6 Å². The van der Waals surface area contributed by atoms with Crippen molar-refractivity contribution in [1.82, 2.24) is 10.3 Å². The molecule has 0 aliphatic heterocycles. The lowest BCUT2D eigenvalue weighted by molar-refractivity contribution is -0.384. The summed E-state index contributed by atoms with van der Waals surface area (Å²) in [4.78, 5) is 26.7. The molecule has 2 rings (SSSR count). The fourth-order valence-electron chi connectivity index (χ4n) is 2.77. The maximum Gasteiger partial charge on any atom is 0.407 e. The third-order valence-electron chi connectivity index (χ3n) is 3.77. The smallest absolute Gasteiger partial charge is 0.407 e. The molecule has 8 heteroatoms. The average molecular weight is 336 g/mol. The number of nitrogens with zero attached hydrogens (tertiary/aromatic N) is 2. The SMILES string of the molecule is CC(C)(C)OC(=O)N[C@@H]1CCCC[C@@H]1Nc1ncccc1[N+](=O)[O-]. The van der Waals surface area contributed by atoms with Gasteiger partial charge in [0.1, 0.15) is 5.60 Å². The second-order valence-corrected chi connectivity index (χ2v) is 6.92. The van der Waals surface area contributed by atoms with Crippen LogP contribution in [0.15, 0.2) is 18.3 Å². The number of carbonyl (C=O) groups is 1. The molecule has 0 aromatic carbocycles. The van der Waals surface area contributed by atoms with Crippen LogP contribution in [0.3, 0.4) is 0 Å². The van der Waals surface area contributed by atoms with Gasteiger partial charge in [0.05, 0.1) is 11.0 Å². The zero-order valence-electron chi connectivity index (χ0n) is 14.2. The molecular formula is C16H24N4O4. The van der Waals surface area contributed by atoms with Gasteiger partial charge in [0.15, 0.2) is 0 Å². The Morgan fingerprint density at radius 2 is 2.00 bits per heavy atom. The number of pyridine rings is 1. The van der Waals surface area contributed by atoms with Gasteiger partial charge in [0, 0.05) is 18.3 Å². The van der Waals surface area contributed by atoms with E-state index in [-0.39, 0.29) is 23.6 Å². The summed E-state index contributed by atoms with van der Waals surface area (Å²) in [6, 6.07) is 2.66. The second kappa shape index (κ2) is 7.46. The molecule has 0 unspecified atom stereocenters. The Kier molecular flexibility index (Phi) is 5.58. The predicted octanol–water partition coefficient (Wildman–Crippen LogP) is 3.24. The molecular weight excluding hydrogens is 312 g/mol. The molecule has 0 spiro atoms. The molecule has 1 fully saturated rings. The Bertz CT molecular complexity index is 600. The Hall–Kier alpha value is -2.38. The summed E-state index contributed by atoms with van der Waals surface area (Å²) in [6.07, 6.45) is 4.60. The van der Waals surface area contributed by atoms with Crippen LogP contribution in [0.4, 0.5) is 16.3 Å². The van der Waals surface area contributed by atoms with Gasteiger partial charge in [-0.05, 0) is 39.7 Å². The Morgan fingerprint density at radius 3 is 2.62 bits per heavy atom. The number of amides is 1. The van der Waals surface area contributed by atoms with Gasteiger partial charge in [-0.15, -0.1) is 0 Å². The third-order valence-corrected chi connectivity index (χ3v) is 3.77. The monoisotopic (exact) mass is 336 g/mol. The van der Waals surface area contributed by atoms with Gasteiger partial charge in [-0.3, -0.25) is 10.1 Å². The number of aromatic nitrogens is 1. The fourth-order valence-corrected chi connectivity index (χ4v) is 2.77. The molecule has 1 aliphatic carbocycles. The maximum absolute atomic E-state index is 12.0. The second-order valence-electron chi connectivity index (χ2n) is 6.92. The maximum atomic E-state index is 12.0. The van der Waals surface area contributed by atoms with Crippen LogP contribution in [0.25, 0.3) is 0 Å². The summed E-state index contributed by atoms with van der Waals surface area (Å²) in [5, 5.41) is 17.1. The summed E-state index contributed by atoms with van der Waals surface area (Å²) in [7, 11) is 0. The highest BCUT2D eigenvalue weighted by atomic mass is 16.6. The number of ether oxygens (including phenoxy) is 1. The average Bonchev–Trinajstić information content (AvgIpc) is 2.47. The number of carbonyl (C=O) groups excluding carboxylic acids is 1. The molecule has 132 valence electrons. The zero-order valence-corrected chi connectivity index (χ0v) is 14.2. The standard InChI is InChI=1S/C16H24N4O4/c1-16(2,3)24-15(21)19-12-8-5-4-7-11(12)18-14-13(20(22)23)9-6-10-17-14/h6,9-12H,4-5,7-8H2,1-3H3,(H,17,18)(H,19,21)/t11-,12+/m0/s1. The van der Waals surface area contributed by atoms with Crippen molar-refractivity contribution < 1.29 is 14.5 Å². The molecule has 2 atom stereocenters. The van der Waals surface area contributed by atoms with E-state index in [0.717, 1.165) is 25.7 Å². The summed E-state index contributed by atoms with van der Waals surface area (Å²) in [5.41, 5.74) is -0.638. The minimum atomic E-state index is -0.568. The first-order chi connectivity index (χ1) is 11.3. The van der Waals surface area contributed by atoms with Crippen LogP contribution >= 0.6 is 0 Å². The lowest BCUT2D eigenvalue weighted by atomic mass is 9.90. The number of hydrogen-bond acceptors (Lipinski definition) is 6. The predicted molar refractivity (Wildman–Crippen MR) is 89.9 cm³/mol. The van der Waals surface area contributed by atoms with Crippen molar-refractivity contribution in [1.29, 1.82) is 0 Å². The number of nitrogens with one attached hydrogen (secondary N) is 2. The Morgan fingerprint density at radius 1 is 1.33 bits per heavy atom. The van der Waals surface area contributed by atoms with Crippen LogP contribution in [0, 0.1) is 10.1 Å². The number of alkyl carbamates (subject to hydrolysis) is 1. The Labute approximate surface area is 141 Å². The highest BCUT2D eigenvalue weighted by Gasteiger charge is 2.30. The van der Waals surface area contributed by atoms with Crippen molar-refractivity contribution in [3.63, 3.8) is 0 Å².